The number of likely N-dealkylation sites (tertiary alicyclic amines) is 1. The summed E-state index contributed by atoms with van der Waals surface area (Å²) in [7, 11) is 1.71. The Hall–Kier alpha value is -3.40. The van der Waals surface area contributed by atoms with Gasteiger partial charge < -0.3 is 10.2 Å². The van der Waals surface area contributed by atoms with Gasteiger partial charge in [0.1, 0.15) is 0 Å². The summed E-state index contributed by atoms with van der Waals surface area (Å²) in [6, 6.07) is 26.8. The molecule has 0 saturated carbocycles. The van der Waals surface area contributed by atoms with E-state index in [1.807, 2.05) is 66.4 Å². The van der Waals surface area contributed by atoms with Crippen LogP contribution in [0.2, 0.25) is 0 Å². The lowest BCUT2D eigenvalue weighted by molar-refractivity contribution is -0.140. The van der Waals surface area contributed by atoms with Crippen LogP contribution in [0.4, 0.5) is 0 Å². The van der Waals surface area contributed by atoms with Crippen molar-refractivity contribution in [1.29, 1.82) is 0 Å². The second-order valence-electron chi connectivity index (χ2n) is 9.10. The zero-order valence-corrected chi connectivity index (χ0v) is 19.5. The summed E-state index contributed by atoms with van der Waals surface area (Å²) >= 11 is 0. The molecule has 1 aliphatic rings. The predicted molar refractivity (Wildman–Crippen MR) is 133 cm³/mol. The monoisotopic (exact) mass is 440 g/mol. The fraction of sp³-hybridized carbons (Fsp3) is 0.310. The first kappa shape index (κ1) is 22.8. The molecule has 1 N–H and O–H groups in total. The molecule has 1 fully saturated rings. The third-order valence-electron chi connectivity index (χ3n) is 6.89. The third-order valence-corrected chi connectivity index (χ3v) is 6.89. The standard InChI is InChI=1S/C29H32N2O2/c1-22-12-14-23(15-13-22)20-27(32)31-18-16-29(17-19-31,28(33)30-2)21-25-10-6-7-11-26(25)24-8-4-3-5-9-24/h3-15H,16-21H2,1-2H3,(H,30,33). The van der Waals surface area contributed by atoms with E-state index in [0.29, 0.717) is 38.8 Å². The van der Waals surface area contributed by atoms with E-state index in [2.05, 4.69) is 29.6 Å². The van der Waals surface area contributed by atoms with Gasteiger partial charge in [-0.05, 0) is 48.4 Å². The van der Waals surface area contributed by atoms with Crippen LogP contribution >= 0.6 is 0 Å². The molecule has 2 amide bonds. The van der Waals surface area contributed by atoms with Crippen LogP contribution < -0.4 is 5.32 Å². The van der Waals surface area contributed by atoms with Crippen LogP contribution in [-0.4, -0.2) is 36.9 Å². The van der Waals surface area contributed by atoms with Crippen molar-refractivity contribution in [2.75, 3.05) is 20.1 Å². The number of nitrogens with one attached hydrogen (secondary N) is 1. The highest BCUT2D eigenvalue weighted by Gasteiger charge is 2.42. The van der Waals surface area contributed by atoms with Crippen LogP contribution in [0.25, 0.3) is 11.1 Å². The third kappa shape index (κ3) is 5.16. The molecule has 1 heterocycles. The second-order valence-corrected chi connectivity index (χ2v) is 9.10. The Kier molecular flexibility index (Phi) is 6.93. The first-order valence-corrected chi connectivity index (χ1v) is 11.7. The van der Waals surface area contributed by atoms with E-state index in [0.717, 1.165) is 11.1 Å². The number of hydrogen-bond donors (Lipinski definition) is 1. The molecule has 0 aromatic heterocycles. The molecule has 4 heteroatoms. The molecule has 33 heavy (non-hydrogen) atoms. The molecule has 170 valence electrons. The van der Waals surface area contributed by atoms with Crippen LogP contribution in [0, 0.1) is 12.3 Å². The topological polar surface area (TPSA) is 49.4 Å². The number of hydrogen-bond acceptors (Lipinski definition) is 2. The van der Waals surface area contributed by atoms with E-state index in [9.17, 15) is 9.59 Å². The number of carbonyl (C=O) groups is 2. The Morgan fingerprint density at radius 2 is 1.52 bits per heavy atom. The number of piperidine rings is 1. The molecule has 0 spiro atoms. The molecule has 3 aromatic rings. The molecule has 1 saturated heterocycles. The first-order valence-electron chi connectivity index (χ1n) is 11.7. The average Bonchev–Trinajstić information content (AvgIpc) is 2.86. The molecule has 4 rings (SSSR count). The zero-order chi connectivity index (χ0) is 23.3. The van der Waals surface area contributed by atoms with Crippen molar-refractivity contribution in [3.05, 3.63) is 95.6 Å². The van der Waals surface area contributed by atoms with Gasteiger partial charge in [-0.1, -0.05) is 84.4 Å². The lowest BCUT2D eigenvalue weighted by atomic mass is 9.72. The molecule has 0 bridgehead atoms. The van der Waals surface area contributed by atoms with E-state index >= 15 is 0 Å². The Balaban J connectivity index is 1.51. The number of carbonyl (C=O) groups excluding carboxylic acids is 2. The Bertz CT molecular complexity index is 1100. The fourth-order valence-electron chi connectivity index (χ4n) is 4.86. The van der Waals surface area contributed by atoms with Crippen LogP contribution in [-0.2, 0) is 22.4 Å². The van der Waals surface area contributed by atoms with Gasteiger partial charge in [0.05, 0.1) is 11.8 Å². The summed E-state index contributed by atoms with van der Waals surface area (Å²) in [6.07, 6.45) is 2.40. The summed E-state index contributed by atoms with van der Waals surface area (Å²) < 4.78 is 0. The van der Waals surface area contributed by atoms with E-state index in [1.54, 1.807) is 7.05 Å². The predicted octanol–water partition coefficient (Wildman–Crippen LogP) is 4.80. The first-order chi connectivity index (χ1) is 16.0. The van der Waals surface area contributed by atoms with Crippen molar-refractivity contribution in [1.82, 2.24) is 10.2 Å². The van der Waals surface area contributed by atoms with Crippen LogP contribution in [0.5, 0.6) is 0 Å². The Morgan fingerprint density at radius 1 is 0.879 bits per heavy atom. The number of amides is 2. The van der Waals surface area contributed by atoms with Crippen LogP contribution in [0.3, 0.4) is 0 Å². The summed E-state index contributed by atoms with van der Waals surface area (Å²) in [5, 5.41) is 2.90. The molecule has 3 aromatic carbocycles. The van der Waals surface area contributed by atoms with Gasteiger partial charge in [-0.25, -0.2) is 0 Å². The maximum Gasteiger partial charge on any atom is 0.226 e. The van der Waals surface area contributed by atoms with E-state index in [4.69, 9.17) is 0 Å². The normalized spacial score (nSPS) is 15.2. The number of nitrogens with zero attached hydrogens (tertiary/aromatic N) is 1. The lowest BCUT2D eigenvalue weighted by Crippen LogP contribution is -2.51. The van der Waals surface area contributed by atoms with Crippen molar-refractivity contribution < 1.29 is 9.59 Å². The maximum atomic E-state index is 13.1. The average molecular weight is 441 g/mol. The summed E-state index contributed by atoms with van der Waals surface area (Å²) in [4.78, 5) is 28.0. The number of rotatable bonds is 6. The van der Waals surface area contributed by atoms with Gasteiger partial charge in [0.25, 0.3) is 0 Å². The molecule has 1 aliphatic heterocycles. The summed E-state index contributed by atoms with van der Waals surface area (Å²) in [5.74, 6) is 0.199. The van der Waals surface area contributed by atoms with Gasteiger partial charge in [-0.3, -0.25) is 9.59 Å². The number of benzene rings is 3. The molecule has 0 unspecified atom stereocenters. The molecule has 0 aliphatic carbocycles. The maximum absolute atomic E-state index is 13.1. The largest absolute Gasteiger partial charge is 0.359 e. The Morgan fingerprint density at radius 3 is 2.18 bits per heavy atom. The van der Waals surface area contributed by atoms with Gasteiger partial charge in [0.15, 0.2) is 0 Å². The lowest BCUT2D eigenvalue weighted by Gasteiger charge is -2.41. The summed E-state index contributed by atoms with van der Waals surface area (Å²) in [5.41, 5.74) is 5.21. The van der Waals surface area contributed by atoms with Crippen LogP contribution in [0.15, 0.2) is 78.9 Å². The minimum absolute atomic E-state index is 0.0657. The molecule has 4 nitrogen and oxygen atoms in total. The van der Waals surface area contributed by atoms with Gasteiger partial charge in [0, 0.05) is 20.1 Å². The van der Waals surface area contributed by atoms with Crippen molar-refractivity contribution in [3.63, 3.8) is 0 Å². The van der Waals surface area contributed by atoms with Crippen molar-refractivity contribution >= 4 is 11.8 Å². The highest BCUT2D eigenvalue weighted by atomic mass is 16.2. The molecule has 0 atom stereocenters. The van der Waals surface area contributed by atoms with E-state index < -0.39 is 5.41 Å². The molecular formula is C29H32N2O2. The number of aryl methyl sites for hydroxylation is 1. The fourth-order valence-corrected chi connectivity index (χ4v) is 4.86. The van der Waals surface area contributed by atoms with E-state index in [1.165, 1.54) is 16.7 Å². The Labute approximate surface area is 196 Å². The zero-order valence-electron chi connectivity index (χ0n) is 19.5. The van der Waals surface area contributed by atoms with Crippen LogP contribution in [0.1, 0.15) is 29.5 Å². The second kappa shape index (κ2) is 10.0. The van der Waals surface area contributed by atoms with Crippen molar-refractivity contribution in [3.8, 4) is 11.1 Å². The SMILES string of the molecule is CNC(=O)C1(Cc2ccccc2-c2ccccc2)CCN(C(=O)Cc2ccc(C)cc2)CC1. The molecular weight excluding hydrogens is 408 g/mol. The van der Waals surface area contributed by atoms with Gasteiger partial charge in [0.2, 0.25) is 11.8 Å². The van der Waals surface area contributed by atoms with Gasteiger partial charge in [-0.2, -0.15) is 0 Å². The van der Waals surface area contributed by atoms with Crippen molar-refractivity contribution in [2.45, 2.75) is 32.6 Å². The van der Waals surface area contributed by atoms with Gasteiger partial charge in [-0.15, -0.1) is 0 Å². The minimum atomic E-state index is -0.514. The van der Waals surface area contributed by atoms with Gasteiger partial charge >= 0.3 is 0 Å². The van der Waals surface area contributed by atoms with E-state index in [-0.39, 0.29) is 11.8 Å². The smallest absolute Gasteiger partial charge is 0.226 e. The quantitative estimate of drug-likeness (QED) is 0.598. The molecule has 0 radical (unpaired) electrons. The summed E-state index contributed by atoms with van der Waals surface area (Å²) in [6.45, 7) is 3.25. The highest BCUT2D eigenvalue weighted by Crippen LogP contribution is 2.38. The van der Waals surface area contributed by atoms with Crippen molar-refractivity contribution in [2.24, 2.45) is 5.41 Å². The minimum Gasteiger partial charge on any atom is -0.359 e. The highest BCUT2D eigenvalue weighted by molar-refractivity contribution is 5.84.